The van der Waals surface area contributed by atoms with E-state index in [2.05, 4.69) is 10.3 Å². The first-order valence-electron chi connectivity index (χ1n) is 10.9. The van der Waals surface area contributed by atoms with Crippen LogP contribution >= 0.6 is 0 Å². The van der Waals surface area contributed by atoms with Crippen LogP contribution in [0.3, 0.4) is 0 Å². The topological polar surface area (TPSA) is 83.7 Å². The summed E-state index contributed by atoms with van der Waals surface area (Å²) in [5.74, 6) is 0.0297. The number of amides is 1. The quantitative estimate of drug-likeness (QED) is 0.466. The van der Waals surface area contributed by atoms with Crippen LogP contribution in [0.4, 0.5) is 5.69 Å². The summed E-state index contributed by atoms with van der Waals surface area (Å²) in [6.07, 6.45) is 2.07. The highest BCUT2D eigenvalue weighted by Gasteiger charge is 2.23. The molecule has 5 rings (SSSR count). The molecule has 0 spiro atoms. The fourth-order valence-electron chi connectivity index (χ4n) is 4.26. The Labute approximate surface area is 190 Å². The molecule has 0 radical (unpaired) electrons. The first-order chi connectivity index (χ1) is 16.0. The minimum absolute atomic E-state index is 0.0589. The number of benzene rings is 3. The summed E-state index contributed by atoms with van der Waals surface area (Å²) >= 11 is 0. The molecule has 1 amide bonds. The summed E-state index contributed by atoms with van der Waals surface area (Å²) in [7, 11) is 0. The maximum Gasteiger partial charge on any atom is 0.265 e. The highest BCUT2D eigenvalue weighted by molar-refractivity contribution is 6.02. The molecule has 2 heterocycles. The second-order valence-electron chi connectivity index (χ2n) is 8.32. The second kappa shape index (κ2) is 8.39. The SMILES string of the molecule is Cc1ccc(-n2c(O)c(C=Nc3cccc(C4CNC(=O)C4)c3)c3ccccc3c2=O)cc1. The average Bonchev–Trinajstić information content (AvgIpc) is 3.27. The van der Waals surface area contributed by atoms with Crippen LogP contribution in [-0.4, -0.2) is 28.3 Å². The molecule has 0 aliphatic carbocycles. The van der Waals surface area contributed by atoms with Crippen LogP contribution in [-0.2, 0) is 4.79 Å². The van der Waals surface area contributed by atoms with Gasteiger partial charge in [0.2, 0.25) is 11.8 Å². The molecule has 1 aromatic heterocycles. The van der Waals surface area contributed by atoms with E-state index in [1.54, 1.807) is 12.3 Å². The first kappa shape index (κ1) is 20.7. The van der Waals surface area contributed by atoms with Gasteiger partial charge in [0.1, 0.15) is 0 Å². The Bertz CT molecular complexity index is 1450. The van der Waals surface area contributed by atoms with Crippen LogP contribution in [0.2, 0.25) is 0 Å². The van der Waals surface area contributed by atoms with Crippen molar-refractivity contribution in [2.45, 2.75) is 19.3 Å². The zero-order chi connectivity index (χ0) is 22.9. The summed E-state index contributed by atoms with van der Waals surface area (Å²) < 4.78 is 1.31. The predicted octanol–water partition coefficient (Wildman–Crippen LogP) is 4.36. The third-order valence-electron chi connectivity index (χ3n) is 6.06. The van der Waals surface area contributed by atoms with E-state index in [0.29, 0.717) is 40.7 Å². The minimum atomic E-state index is -0.287. The van der Waals surface area contributed by atoms with E-state index in [-0.39, 0.29) is 23.3 Å². The van der Waals surface area contributed by atoms with Crippen LogP contribution in [0.5, 0.6) is 5.88 Å². The van der Waals surface area contributed by atoms with Gasteiger partial charge in [0.15, 0.2) is 0 Å². The number of hydrogen-bond donors (Lipinski definition) is 2. The Hall–Kier alpha value is -4.19. The largest absolute Gasteiger partial charge is 0.494 e. The number of aromatic hydroxyl groups is 1. The zero-order valence-electron chi connectivity index (χ0n) is 18.2. The molecular formula is C27H23N3O3. The average molecular weight is 437 g/mol. The lowest BCUT2D eigenvalue weighted by Gasteiger charge is -2.14. The van der Waals surface area contributed by atoms with Gasteiger partial charge in [0.25, 0.3) is 5.56 Å². The van der Waals surface area contributed by atoms with Crippen LogP contribution in [0.1, 0.15) is 29.0 Å². The van der Waals surface area contributed by atoms with Crippen molar-refractivity contribution in [2.24, 2.45) is 4.99 Å². The van der Waals surface area contributed by atoms with E-state index in [0.717, 1.165) is 11.1 Å². The standard InChI is InChI=1S/C27H23N3O3/c1-17-9-11-21(12-10-17)30-26(32)23-8-3-2-7-22(23)24(27(30)33)16-28-20-6-4-5-18(13-20)19-14-25(31)29-15-19/h2-13,16,19,33H,14-15H2,1H3,(H,29,31). The van der Waals surface area contributed by atoms with Crippen molar-refractivity contribution in [3.63, 3.8) is 0 Å². The van der Waals surface area contributed by atoms with Crippen molar-refractivity contribution in [1.29, 1.82) is 0 Å². The number of nitrogens with zero attached hydrogens (tertiary/aromatic N) is 2. The fraction of sp³-hybridized carbons (Fsp3) is 0.148. The molecule has 6 heteroatoms. The van der Waals surface area contributed by atoms with Gasteiger partial charge in [-0.25, -0.2) is 4.57 Å². The van der Waals surface area contributed by atoms with E-state index in [1.165, 1.54) is 4.57 Å². The van der Waals surface area contributed by atoms with E-state index in [9.17, 15) is 14.7 Å². The lowest BCUT2D eigenvalue weighted by atomic mass is 9.98. The molecule has 0 bridgehead atoms. The van der Waals surface area contributed by atoms with Gasteiger partial charge in [-0.1, -0.05) is 48.0 Å². The normalized spacial score (nSPS) is 15.9. The molecule has 1 saturated heterocycles. The summed E-state index contributed by atoms with van der Waals surface area (Å²) in [6, 6.07) is 22.4. The highest BCUT2D eigenvalue weighted by Crippen LogP contribution is 2.29. The van der Waals surface area contributed by atoms with Gasteiger partial charge in [-0.05, 0) is 42.8 Å². The molecule has 1 aliphatic heterocycles. The molecule has 33 heavy (non-hydrogen) atoms. The molecule has 164 valence electrons. The fourth-order valence-corrected chi connectivity index (χ4v) is 4.26. The number of fused-ring (bicyclic) bond motifs is 1. The van der Waals surface area contributed by atoms with E-state index in [4.69, 9.17) is 0 Å². The van der Waals surface area contributed by atoms with Gasteiger partial charge < -0.3 is 10.4 Å². The molecule has 1 unspecified atom stereocenters. The molecule has 1 atom stereocenters. The van der Waals surface area contributed by atoms with Crippen molar-refractivity contribution < 1.29 is 9.90 Å². The number of carbonyl (C=O) groups excluding carboxylic acids is 1. The molecule has 4 aromatic rings. The van der Waals surface area contributed by atoms with E-state index < -0.39 is 0 Å². The van der Waals surface area contributed by atoms with Gasteiger partial charge in [0, 0.05) is 35.9 Å². The number of nitrogens with one attached hydrogen (secondary N) is 1. The summed E-state index contributed by atoms with van der Waals surface area (Å²) in [5.41, 5.74) is 3.58. The monoisotopic (exact) mass is 437 g/mol. The summed E-state index contributed by atoms with van der Waals surface area (Å²) in [4.78, 5) is 29.4. The predicted molar refractivity (Wildman–Crippen MR) is 130 cm³/mol. The second-order valence-corrected chi connectivity index (χ2v) is 8.32. The number of aryl methyl sites for hydroxylation is 1. The first-order valence-corrected chi connectivity index (χ1v) is 10.9. The third kappa shape index (κ3) is 3.91. The van der Waals surface area contributed by atoms with Gasteiger partial charge in [-0.3, -0.25) is 14.6 Å². The van der Waals surface area contributed by atoms with Crippen molar-refractivity contribution in [3.05, 3.63) is 99.8 Å². The number of pyridine rings is 1. The number of aromatic nitrogens is 1. The molecule has 2 N–H and O–H groups in total. The minimum Gasteiger partial charge on any atom is -0.494 e. The Morgan fingerprint density at radius 1 is 1.00 bits per heavy atom. The van der Waals surface area contributed by atoms with E-state index in [1.807, 2.05) is 73.7 Å². The molecule has 1 aliphatic rings. The molecule has 1 fully saturated rings. The Morgan fingerprint density at radius 2 is 1.76 bits per heavy atom. The van der Waals surface area contributed by atoms with Crippen LogP contribution in [0.25, 0.3) is 16.5 Å². The van der Waals surface area contributed by atoms with E-state index >= 15 is 0 Å². The number of aliphatic imine (C=N–C) groups is 1. The lowest BCUT2D eigenvalue weighted by molar-refractivity contribution is -0.119. The molecular weight excluding hydrogens is 414 g/mol. The molecule has 6 nitrogen and oxygen atoms in total. The summed E-state index contributed by atoms with van der Waals surface area (Å²) in [6.45, 7) is 2.59. The number of rotatable bonds is 4. The summed E-state index contributed by atoms with van der Waals surface area (Å²) in [5, 5.41) is 15.1. The molecule has 3 aromatic carbocycles. The van der Waals surface area contributed by atoms with Crippen molar-refractivity contribution in [2.75, 3.05) is 6.54 Å². The van der Waals surface area contributed by atoms with Crippen LogP contribution in [0.15, 0.2) is 82.6 Å². The van der Waals surface area contributed by atoms with Crippen LogP contribution < -0.4 is 10.9 Å². The Balaban J connectivity index is 1.61. The maximum atomic E-state index is 13.2. The third-order valence-corrected chi connectivity index (χ3v) is 6.06. The van der Waals surface area contributed by atoms with Gasteiger partial charge in [-0.2, -0.15) is 0 Å². The van der Waals surface area contributed by atoms with Crippen molar-refractivity contribution in [1.82, 2.24) is 9.88 Å². The van der Waals surface area contributed by atoms with Gasteiger partial charge >= 0.3 is 0 Å². The number of carbonyl (C=O) groups is 1. The zero-order valence-corrected chi connectivity index (χ0v) is 18.2. The Kier molecular flexibility index (Phi) is 5.26. The van der Waals surface area contributed by atoms with Crippen molar-refractivity contribution in [3.8, 4) is 11.6 Å². The highest BCUT2D eigenvalue weighted by atomic mass is 16.3. The lowest BCUT2D eigenvalue weighted by Crippen LogP contribution is -2.20. The van der Waals surface area contributed by atoms with Crippen molar-refractivity contribution >= 4 is 28.6 Å². The Morgan fingerprint density at radius 3 is 2.48 bits per heavy atom. The maximum absolute atomic E-state index is 13.2. The smallest absolute Gasteiger partial charge is 0.265 e. The molecule has 0 saturated carbocycles. The van der Waals surface area contributed by atoms with Gasteiger partial charge in [0.05, 0.1) is 16.9 Å². The van der Waals surface area contributed by atoms with Crippen LogP contribution in [0, 0.1) is 6.92 Å². The number of hydrogen-bond acceptors (Lipinski definition) is 4. The van der Waals surface area contributed by atoms with Gasteiger partial charge in [-0.15, -0.1) is 0 Å².